The zero-order chi connectivity index (χ0) is 9.07. The molecule has 0 heterocycles. The van der Waals surface area contributed by atoms with Crippen molar-refractivity contribution >= 4 is 5.91 Å². The fourth-order valence-electron chi connectivity index (χ4n) is 1.22. The summed E-state index contributed by atoms with van der Waals surface area (Å²) in [6.07, 6.45) is 0.602. The summed E-state index contributed by atoms with van der Waals surface area (Å²) in [5, 5.41) is 0. The van der Waals surface area contributed by atoms with Gasteiger partial charge in [-0.05, 0) is 27.7 Å². The van der Waals surface area contributed by atoms with E-state index in [0.29, 0.717) is 6.42 Å². The summed E-state index contributed by atoms with van der Waals surface area (Å²) < 4.78 is 0. The van der Waals surface area contributed by atoms with Crippen LogP contribution in [-0.4, -0.2) is 22.9 Å². The molecule has 0 aromatic carbocycles. The predicted octanol–water partition coefficient (Wildman–Crippen LogP) is 2.04. The molecule has 0 saturated heterocycles. The van der Waals surface area contributed by atoms with E-state index in [2.05, 4.69) is 20.8 Å². The lowest BCUT2D eigenvalue weighted by atomic mass is 10.1. The molecule has 0 aliphatic carbocycles. The number of hydrogen-bond donors (Lipinski definition) is 0. The van der Waals surface area contributed by atoms with Crippen molar-refractivity contribution in [2.75, 3.05) is 6.54 Å². The molecule has 0 N–H and O–H groups in total. The summed E-state index contributed by atoms with van der Waals surface area (Å²) in [5.41, 5.74) is -0.0259. The number of nitrogens with zero attached hydrogens (tertiary/aromatic N) is 1. The first kappa shape index (κ1) is 10.5. The highest BCUT2D eigenvalue weighted by Crippen LogP contribution is 2.13. The minimum Gasteiger partial charge on any atom is -0.338 e. The Balaban J connectivity index is 4.29. The molecule has 0 aromatic heterocycles. The fraction of sp³-hybridized carbons (Fsp3) is 0.889. The summed E-state index contributed by atoms with van der Waals surface area (Å²) in [5.74, 6) is 0.236. The second kappa shape index (κ2) is 3.74. The molecule has 0 aromatic rings. The Morgan fingerprint density at radius 3 is 1.82 bits per heavy atom. The third kappa shape index (κ3) is 2.91. The van der Waals surface area contributed by atoms with Gasteiger partial charge in [-0.25, -0.2) is 0 Å². The maximum Gasteiger partial charge on any atom is 0.222 e. The molecule has 0 radical (unpaired) electrons. The third-order valence-corrected chi connectivity index (χ3v) is 1.73. The topological polar surface area (TPSA) is 20.3 Å². The van der Waals surface area contributed by atoms with Gasteiger partial charge in [0, 0.05) is 18.5 Å². The van der Waals surface area contributed by atoms with Crippen molar-refractivity contribution in [3.8, 4) is 0 Å². The summed E-state index contributed by atoms with van der Waals surface area (Å²) in [7, 11) is 0. The highest BCUT2D eigenvalue weighted by atomic mass is 16.2. The number of carbonyl (C=O) groups excluding carboxylic acids is 1. The van der Waals surface area contributed by atoms with Gasteiger partial charge in [-0.15, -0.1) is 0 Å². The van der Waals surface area contributed by atoms with Gasteiger partial charge in [0.2, 0.25) is 5.91 Å². The molecule has 2 nitrogen and oxygen atoms in total. The van der Waals surface area contributed by atoms with Crippen LogP contribution in [0.25, 0.3) is 0 Å². The normalized spacial score (nSPS) is 11.4. The third-order valence-electron chi connectivity index (χ3n) is 1.73. The van der Waals surface area contributed by atoms with Crippen LogP contribution in [0.1, 0.15) is 41.0 Å². The van der Waals surface area contributed by atoms with Crippen LogP contribution in [0, 0.1) is 0 Å². The quantitative estimate of drug-likeness (QED) is 0.600. The van der Waals surface area contributed by atoms with Gasteiger partial charge in [0.25, 0.3) is 0 Å². The van der Waals surface area contributed by atoms with Crippen molar-refractivity contribution in [2.45, 2.75) is 46.6 Å². The molecule has 0 fully saturated rings. The fourth-order valence-corrected chi connectivity index (χ4v) is 1.22. The average molecular weight is 157 g/mol. The van der Waals surface area contributed by atoms with Gasteiger partial charge in [-0.2, -0.15) is 0 Å². The van der Waals surface area contributed by atoms with Gasteiger partial charge in [-0.1, -0.05) is 6.92 Å². The zero-order valence-corrected chi connectivity index (χ0v) is 8.27. The van der Waals surface area contributed by atoms with E-state index in [9.17, 15) is 4.79 Å². The second-order valence-corrected chi connectivity index (χ2v) is 3.66. The number of carbonyl (C=O) groups is 1. The van der Waals surface area contributed by atoms with Gasteiger partial charge >= 0.3 is 0 Å². The largest absolute Gasteiger partial charge is 0.338 e. The van der Waals surface area contributed by atoms with Crippen LogP contribution in [0.2, 0.25) is 0 Å². The Kier molecular flexibility index (Phi) is 3.56. The summed E-state index contributed by atoms with van der Waals surface area (Å²) in [6.45, 7) is 10.9. The van der Waals surface area contributed by atoms with Crippen molar-refractivity contribution in [2.24, 2.45) is 0 Å². The van der Waals surface area contributed by atoms with Crippen LogP contribution < -0.4 is 0 Å². The van der Waals surface area contributed by atoms with Gasteiger partial charge in [0.05, 0.1) is 0 Å². The monoisotopic (exact) mass is 157 g/mol. The standard InChI is InChI=1S/C9H19NO/c1-6-8(11)10(7-2)9(3,4)5/h6-7H2,1-5H3. The predicted molar refractivity (Wildman–Crippen MR) is 47.4 cm³/mol. The molecule has 0 spiro atoms. The molecule has 0 saturated carbocycles. The highest BCUT2D eigenvalue weighted by molar-refractivity contribution is 5.76. The summed E-state index contributed by atoms with van der Waals surface area (Å²) in [6, 6.07) is 0. The van der Waals surface area contributed by atoms with Crippen LogP contribution >= 0.6 is 0 Å². The lowest BCUT2D eigenvalue weighted by Gasteiger charge is -2.34. The van der Waals surface area contributed by atoms with Crippen molar-refractivity contribution < 1.29 is 4.79 Å². The maximum atomic E-state index is 11.3. The first-order chi connectivity index (χ1) is 4.93. The smallest absolute Gasteiger partial charge is 0.222 e. The molecule has 11 heavy (non-hydrogen) atoms. The Morgan fingerprint density at radius 1 is 1.27 bits per heavy atom. The van der Waals surface area contributed by atoms with E-state index in [1.165, 1.54) is 0 Å². The molecule has 66 valence electrons. The van der Waals surface area contributed by atoms with Gasteiger partial charge in [-0.3, -0.25) is 4.79 Å². The van der Waals surface area contributed by atoms with Gasteiger partial charge < -0.3 is 4.90 Å². The molecule has 0 unspecified atom stereocenters. The molecular formula is C9H19NO. The Bertz CT molecular complexity index is 135. The lowest BCUT2D eigenvalue weighted by molar-refractivity contribution is -0.135. The van der Waals surface area contributed by atoms with E-state index >= 15 is 0 Å². The Morgan fingerprint density at radius 2 is 1.73 bits per heavy atom. The van der Waals surface area contributed by atoms with Crippen LogP contribution in [-0.2, 0) is 4.79 Å². The molecular weight excluding hydrogens is 138 g/mol. The van der Waals surface area contributed by atoms with Crippen molar-refractivity contribution in [1.29, 1.82) is 0 Å². The van der Waals surface area contributed by atoms with Crippen LogP contribution in [0.3, 0.4) is 0 Å². The average Bonchev–Trinajstić information content (AvgIpc) is 1.86. The number of hydrogen-bond acceptors (Lipinski definition) is 1. The number of rotatable bonds is 2. The summed E-state index contributed by atoms with van der Waals surface area (Å²) >= 11 is 0. The van der Waals surface area contributed by atoms with E-state index in [1.807, 2.05) is 18.7 Å². The van der Waals surface area contributed by atoms with Crippen LogP contribution in [0.5, 0.6) is 0 Å². The number of amides is 1. The van der Waals surface area contributed by atoms with Crippen LogP contribution in [0.15, 0.2) is 0 Å². The van der Waals surface area contributed by atoms with E-state index in [4.69, 9.17) is 0 Å². The van der Waals surface area contributed by atoms with E-state index < -0.39 is 0 Å². The zero-order valence-electron chi connectivity index (χ0n) is 8.27. The molecule has 0 atom stereocenters. The molecule has 0 rings (SSSR count). The van der Waals surface area contributed by atoms with Crippen molar-refractivity contribution in [1.82, 2.24) is 4.90 Å². The molecule has 0 aliphatic rings. The first-order valence-corrected chi connectivity index (χ1v) is 4.24. The highest BCUT2D eigenvalue weighted by Gasteiger charge is 2.22. The minimum absolute atomic E-state index is 0.0259. The summed E-state index contributed by atoms with van der Waals surface area (Å²) in [4.78, 5) is 13.2. The molecule has 0 bridgehead atoms. The van der Waals surface area contributed by atoms with E-state index in [0.717, 1.165) is 6.54 Å². The van der Waals surface area contributed by atoms with Crippen molar-refractivity contribution in [3.05, 3.63) is 0 Å². The van der Waals surface area contributed by atoms with E-state index in [-0.39, 0.29) is 11.4 Å². The minimum atomic E-state index is -0.0259. The Hall–Kier alpha value is -0.530. The van der Waals surface area contributed by atoms with Crippen molar-refractivity contribution in [3.63, 3.8) is 0 Å². The second-order valence-electron chi connectivity index (χ2n) is 3.66. The van der Waals surface area contributed by atoms with Gasteiger partial charge in [0.1, 0.15) is 0 Å². The van der Waals surface area contributed by atoms with E-state index in [1.54, 1.807) is 0 Å². The maximum absolute atomic E-state index is 11.3. The Labute approximate surface area is 69.6 Å². The molecule has 1 amide bonds. The SMILES string of the molecule is CCC(=O)N(CC)C(C)(C)C. The first-order valence-electron chi connectivity index (χ1n) is 4.24. The van der Waals surface area contributed by atoms with Crippen LogP contribution in [0.4, 0.5) is 0 Å². The molecule has 2 heteroatoms. The molecule has 0 aliphatic heterocycles. The lowest BCUT2D eigenvalue weighted by Crippen LogP contribution is -2.45. The van der Waals surface area contributed by atoms with Gasteiger partial charge in [0.15, 0.2) is 0 Å².